The normalized spacial score (nSPS) is 14.0. The van der Waals surface area contributed by atoms with Crippen LogP contribution in [0.5, 0.6) is 5.88 Å². The van der Waals surface area contributed by atoms with Crippen molar-refractivity contribution in [2.75, 3.05) is 0 Å². The monoisotopic (exact) mass is 381 g/mol. The van der Waals surface area contributed by atoms with Crippen LogP contribution in [-0.4, -0.2) is 20.9 Å². The predicted molar refractivity (Wildman–Crippen MR) is 106 cm³/mol. The van der Waals surface area contributed by atoms with Crippen LogP contribution in [0, 0.1) is 4.77 Å². The van der Waals surface area contributed by atoms with Crippen molar-refractivity contribution >= 4 is 47.4 Å². The molecule has 3 aromatic rings. The summed E-state index contributed by atoms with van der Waals surface area (Å²) in [5.74, 6) is -0.280. The number of hydrogen-bond acceptors (Lipinski definition) is 4. The molecule has 0 spiro atoms. The summed E-state index contributed by atoms with van der Waals surface area (Å²) in [4.78, 5) is 19.3. The van der Waals surface area contributed by atoms with Gasteiger partial charge in [0.05, 0.1) is 16.4 Å². The van der Waals surface area contributed by atoms with Gasteiger partial charge in [-0.2, -0.15) is 0 Å². The molecule has 128 valence electrons. The maximum absolute atomic E-state index is 12.4. The largest absolute Gasteiger partial charge is 0.494 e. The minimum atomic E-state index is -0.485. The molecular formula is C19H12ClN3O2S. The van der Waals surface area contributed by atoms with Crippen LogP contribution in [-0.2, 0) is 0 Å². The Balaban J connectivity index is 1.95. The molecule has 4 rings (SSSR count). The molecule has 7 heteroatoms. The number of rotatable bonds is 2. The van der Waals surface area contributed by atoms with E-state index in [9.17, 15) is 9.90 Å². The molecule has 0 atom stereocenters. The molecule has 0 saturated heterocycles. The first-order valence-corrected chi connectivity index (χ1v) is 8.53. The van der Waals surface area contributed by atoms with Gasteiger partial charge >= 0.3 is 0 Å². The average molecular weight is 382 g/mol. The van der Waals surface area contributed by atoms with Crippen molar-refractivity contribution in [3.63, 3.8) is 0 Å². The Hall–Kier alpha value is -2.96. The van der Waals surface area contributed by atoms with Crippen LogP contribution in [0.15, 0.2) is 58.3 Å². The molecule has 2 aromatic carbocycles. The van der Waals surface area contributed by atoms with E-state index in [1.54, 1.807) is 36.6 Å². The number of benzene rings is 2. The summed E-state index contributed by atoms with van der Waals surface area (Å²) in [6.07, 6.45) is 3.25. The molecule has 26 heavy (non-hydrogen) atoms. The third-order valence-electron chi connectivity index (χ3n) is 4.07. The molecule has 1 aliphatic heterocycles. The van der Waals surface area contributed by atoms with Crippen LogP contribution in [0.2, 0.25) is 5.02 Å². The summed E-state index contributed by atoms with van der Waals surface area (Å²) in [5, 5.41) is 11.2. The van der Waals surface area contributed by atoms with Gasteiger partial charge in [0.25, 0.3) is 5.56 Å². The fourth-order valence-electron chi connectivity index (χ4n) is 2.83. The number of nitrogens with zero attached hydrogens (tertiary/aromatic N) is 2. The number of nitrogens with one attached hydrogen (secondary N) is 1. The Morgan fingerprint density at radius 1 is 1.15 bits per heavy atom. The molecule has 2 heterocycles. The lowest BCUT2D eigenvalue weighted by Gasteiger charge is -2.13. The fraction of sp³-hybridized carbons (Fsp3) is 0. The summed E-state index contributed by atoms with van der Waals surface area (Å²) in [6.45, 7) is 0. The molecular weight excluding hydrogens is 370 g/mol. The predicted octanol–water partition coefficient (Wildman–Crippen LogP) is 4.51. The van der Waals surface area contributed by atoms with E-state index >= 15 is 0 Å². The molecule has 0 aliphatic carbocycles. The quantitative estimate of drug-likeness (QED) is 0.641. The fourth-order valence-corrected chi connectivity index (χ4v) is 3.33. The number of H-pyrrole nitrogens is 1. The highest BCUT2D eigenvalue weighted by molar-refractivity contribution is 7.71. The summed E-state index contributed by atoms with van der Waals surface area (Å²) < 4.78 is 1.40. The van der Waals surface area contributed by atoms with Crippen molar-refractivity contribution in [1.29, 1.82) is 0 Å². The third-order valence-corrected chi connectivity index (χ3v) is 4.68. The number of aromatic amines is 1. The molecule has 1 aliphatic rings. The van der Waals surface area contributed by atoms with Crippen LogP contribution in [0.25, 0.3) is 17.3 Å². The second-order valence-electron chi connectivity index (χ2n) is 5.66. The van der Waals surface area contributed by atoms with Gasteiger partial charge in [-0.1, -0.05) is 41.9 Å². The summed E-state index contributed by atoms with van der Waals surface area (Å²) in [5.41, 5.74) is 2.50. The Kier molecular flexibility index (Phi) is 4.06. The minimum Gasteiger partial charge on any atom is -0.494 e. The molecule has 0 unspecified atom stereocenters. The van der Waals surface area contributed by atoms with E-state index in [0.29, 0.717) is 10.7 Å². The Bertz CT molecular complexity index is 1210. The SMILES string of the molecule is O=c1[nH]c(=S)n(-c2ccccc2Cl)c(O)c1/C=C1\C=Nc2ccccc21. The lowest BCUT2D eigenvalue weighted by molar-refractivity contribution is 0.432. The summed E-state index contributed by atoms with van der Waals surface area (Å²) in [7, 11) is 0. The van der Waals surface area contributed by atoms with Gasteiger partial charge in [0.2, 0.25) is 5.88 Å². The summed E-state index contributed by atoms with van der Waals surface area (Å²) >= 11 is 11.4. The first-order chi connectivity index (χ1) is 12.6. The highest BCUT2D eigenvalue weighted by Crippen LogP contribution is 2.33. The van der Waals surface area contributed by atoms with Crippen molar-refractivity contribution in [1.82, 2.24) is 9.55 Å². The maximum atomic E-state index is 12.4. The number of aromatic nitrogens is 2. The van der Waals surface area contributed by atoms with Gasteiger partial charge < -0.3 is 5.11 Å². The molecule has 1 aromatic heterocycles. The van der Waals surface area contributed by atoms with E-state index in [1.165, 1.54) is 4.57 Å². The van der Waals surface area contributed by atoms with Crippen molar-refractivity contribution in [2.45, 2.75) is 0 Å². The first-order valence-electron chi connectivity index (χ1n) is 7.74. The van der Waals surface area contributed by atoms with Crippen molar-refractivity contribution in [3.8, 4) is 11.6 Å². The topological polar surface area (TPSA) is 70.4 Å². The van der Waals surface area contributed by atoms with E-state index in [4.69, 9.17) is 23.8 Å². The molecule has 0 fully saturated rings. The first kappa shape index (κ1) is 16.5. The zero-order chi connectivity index (χ0) is 18.3. The number of aliphatic imine (C=N–C) groups is 1. The van der Waals surface area contributed by atoms with E-state index < -0.39 is 5.56 Å². The molecule has 0 saturated carbocycles. The Labute approximate surface area is 158 Å². The average Bonchev–Trinajstić information content (AvgIpc) is 3.03. The summed E-state index contributed by atoms with van der Waals surface area (Å²) in [6, 6.07) is 14.5. The van der Waals surface area contributed by atoms with E-state index in [2.05, 4.69) is 9.98 Å². The number of para-hydroxylation sites is 2. The lowest BCUT2D eigenvalue weighted by atomic mass is 10.1. The van der Waals surface area contributed by atoms with Crippen molar-refractivity contribution in [3.05, 3.63) is 79.8 Å². The molecule has 0 amide bonds. The van der Waals surface area contributed by atoms with Gasteiger partial charge in [-0.3, -0.25) is 19.3 Å². The van der Waals surface area contributed by atoms with E-state index in [-0.39, 0.29) is 16.2 Å². The standard InChI is InChI=1S/C19H12ClN3O2S/c20-14-6-2-4-8-16(14)23-18(25)13(17(24)22-19(23)26)9-11-10-21-15-7-3-1-5-12(11)15/h1-10,25H,(H,22,24,26)/b11-9+. The van der Waals surface area contributed by atoms with E-state index in [0.717, 1.165) is 16.8 Å². The minimum absolute atomic E-state index is 0.0586. The Morgan fingerprint density at radius 3 is 2.69 bits per heavy atom. The third kappa shape index (κ3) is 2.69. The van der Waals surface area contributed by atoms with Gasteiger partial charge in [-0.25, -0.2) is 0 Å². The van der Waals surface area contributed by atoms with Crippen LogP contribution >= 0.6 is 23.8 Å². The maximum Gasteiger partial charge on any atom is 0.262 e. The van der Waals surface area contributed by atoms with Crippen LogP contribution in [0.4, 0.5) is 5.69 Å². The van der Waals surface area contributed by atoms with Crippen LogP contribution < -0.4 is 5.56 Å². The number of halogens is 1. The molecule has 5 nitrogen and oxygen atoms in total. The van der Waals surface area contributed by atoms with Gasteiger partial charge in [-0.05, 0) is 36.5 Å². The van der Waals surface area contributed by atoms with Gasteiger partial charge in [0.1, 0.15) is 5.56 Å². The van der Waals surface area contributed by atoms with Gasteiger partial charge in [-0.15, -0.1) is 0 Å². The second kappa shape index (κ2) is 6.40. The zero-order valence-corrected chi connectivity index (χ0v) is 14.9. The number of aromatic hydroxyl groups is 1. The highest BCUT2D eigenvalue weighted by Gasteiger charge is 2.17. The van der Waals surface area contributed by atoms with Crippen LogP contribution in [0.1, 0.15) is 11.1 Å². The van der Waals surface area contributed by atoms with Crippen molar-refractivity contribution in [2.24, 2.45) is 4.99 Å². The smallest absolute Gasteiger partial charge is 0.262 e. The zero-order valence-electron chi connectivity index (χ0n) is 13.3. The number of fused-ring (bicyclic) bond motifs is 1. The number of hydrogen-bond donors (Lipinski definition) is 2. The second-order valence-corrected chi connectivity index (χ2v) is 6.45. The molecule has 0 radical (unpaired) electrons. The highest BCUT2D eigenvalue weighted by atomic mass is 35.5. The van der Waals surface area contributed by atoms with Gasteiger partial charge in [0.15, 0.2) is 4.77 Å². The van der Waals surface area contributed by atoms with E-state index in [1.807, 2.05) is 24.3 Å². The molecule has 2 N–H and O–H groups in total. The molecule has 0 bridgehead atoms. The van der Waals surface area contributed by atoms with Crippen molar-refractivity contribution < 1.29 is 5.11 Å². The van der Waals surface area contributed by atoms with Crippen LogP contribution in [0.3, 0.4) is 0 Å². The Morgan fingerprint density at radius 2 is 1.88 bits per heavy atom. The lowest BCUT2D eigenvalue weighted by Crippen LogP contribution is -2.16. The number of allylic oxidation sites excluding steroid dienone is 1. The van der Waals surface area contributed by atoms with Gasteiger partial charge in [0, 0.05) is 17.4 Å².